The highest BCUT2D eigenvalue weighted by Gasteiger charge is 2.15. The summed E-state index contributed by atoms with van der Waals surface area (Å²) in [5, 5.41) is 17.8. The topological polar surface area (TPSA) is 115 Å². The summed E-state index contributed by atoms with van der Waals surface area (Å²) in [6.45, 7) is 0.288. The van der Waals surface area contributed by atoms with E-state index in [-0.39, 0.29) is 30.0 Å². The first-order chi connectivity index (χ1) is 16.1. The lowest BCUT2D eigenvalue weighted by atomic mass is 10.1. The van der Waals surface area contributed by atoms with Gasteiger partial charge in [-0.2, -0.15) is 4.80 Å². The van der Waals surface area contributed by atoms with Crippen molar-refractivity contribution in [2.45, 2.75) is 13.0 Å². The monoisotopic (exact) mass is 445 g/mol. The second-order valence-corrected chi connectivity index (χ2v) is 7.11. The summed E-state index contributed by atoms with van der Waals surface area (Å²) in [6.07, 6.45) is 3.64. The van der Waals surface area contributed by atoms with E-state index in [1.165, 1.54) is 23.1 Å². The molecule has 4 aromatic rings. The average Bonchev–Trinajstić information content (AvgIpc) is 3.29. The number of halogens is 1. The minimum Gasteiger partial charge on any atom is -0.354 e. The van der Waals surface area contributed by atoms with E-state index < -0.39 is 0 Å². The molecule has 33 heavy (non-hydrogen) atoms. The Hall–Kier alpha value is -4.47. The molecular weight excluding hydrogens is 425 g/mol. The second-order valence-electron chi connectivity index (χ2n) is 7.11. The molecule has 0 unspecified atom stereocenters. The van der Waals surface area contributed by atoms with Crippen LogP contribution in [0.5, 0.6) is 0 Å². The number of hydrogen-bond acceptors (Lipinski definition) is 6. The van der Waals surface area contributed by atoms with Gasteiger partial charge in [-0.1, -0.05) is 24.3 Å². The van der Waals surface area contributed by atoms with Gasteiger partial charge in [0.05, 0.1) is 11.3 Å². The SMILES string of the molecule is O=C(Cn1nnc(-c2ccccc2NC(=O)c2cccnc2)n1)NCCc1ccc(F)cc1. The molecule has 2 aromatic heterocycles. The molecule has 0 aliphatic rings. The van der Waals surface area contributed by atoms with Crippen molar-refractivity contribution >= 4 is 17.5 Å². The van der Waals surface area contributed by atoms with E-state index in [9.17, 15) is 14.0 Å². The molecule has 9 nitrogen and oxygen atoms in total. The van der Waals surface area contributed by atoms with Crippen LogP contribution < -0.4 is 10.6 Å². The molecule has 0 aliphatic heterocycles. The van der Waals surface area contributed by atoms with Crippen molar-refractivity contribution in [2.24, 2.45) is 0 Å². The number of rotatable bonds is 8. The maximum absolute atomic E-state index is 13.0. The normalized spacial score (nSPS) is 10.6. The predicted octanol–water partition coefficient (Wildman–Crippen LogP) is 2.49. The van der Waals surface area contributed by atoms with Gasteiger partial charge < -0.3 is 10.6 Å². The van der Waals surface area contributed by atoms with Crippen molar-refractivity contribution < 1.29 is 14.0 Å². The number of anilines is 1. The van der Waals surface area contributed by atoms with Crippen molar-refractivity contribution in [1.82, 2.24) is 30.5 Å². The molecule has 2 N–H and O–H groups in total. The Balaban J connectivity index is 1.36. The van der Waals surface area contributed by atoms with Gasteiger partial charge >= 0.3 is 0 Å². The second kappa shape index (κ2) is 10.2. The molecule has 0 radical (unpaired) electrons. The number of nitrogens with one attached hydrogen (secondary N) is 2. The van der Waals surface area contributed by atoms with Gasteiger partial charge in [0.25, 0.3) is 5.91 Å². The number of hydrogen-bond donors (Lipinski definition) is 2. The summed E-state index contributed by atoms with van der Waals surface area (Å²) < 4.78 is 13.0. The van der Waals surface area contributed by atoms with Gasteiger partial charge in [0.15, 0.2) is 0 Å². The van der Waals surface area contributed by atoms with Gasteiger partial charge in [0.2, 0.25) is 11.7 Å². The molecule has 0 aliphatic carbocycles. The van der Waals surface area contributed by atoms with E-state index in [0.29, 0.717) is 29.8 Å². The van der Waals surface area contributed by atoms with Crippen LogP contribution in [0.25, 0.3) is 11.4 Å². The molecule has 0 fully saturated rings. The number of tetrazole rings is 1. The van der Waals surface area contributed by atoms with Crippen LogP contribution in [-0.4, -0.2) is 43.6 Å². The largest absolute Gasteiger partial charge is 0.354 e. The lowest BCUT2D eigenvalue weighted by molar-refractivity contribution is -0.122. The van der Waals surface area contributed by atoms with E-state index in [4.69, 9.17) is 0 Å². The van der Waals surface area contributed by atoms with E-state index >= 15 is 0 Å². The Bertz CT molecular complexity index is 1240. The fraction of sp³-hybridized carbons (Fsp3) is 0.130. The van der Waals surface area contributed by atoms with Crippen LogP contribution in [0.3, 0.4) is 0 Å². The number of para-hydroxylation sites is 1. The molecule has 166 valence electrons. The molecule has 2 aromatic carbocycles. The summed E-state index contributed by atoms with van der Waals surface area (Å²) in [7, 11) is 0. The number of carbonyl (C=O) groups is 2. The lowest BCUT2D eigenvalue weighted by Crippen LogP contribution is -2.30. The van der Waals surface area contributed by atoms with Crippen molar-refractivity contribution in [3.8, 4) is 11.4 Å². The van der Waals surface area contributed by atoms with Crippen LogP contribution in [0, 0.1) is 5.82 Å². The molecule has 0 saturated heterocycles. The minimum atomic E-state index is -0.316. The van der Waals surface area contributed by atoms with E-state index in [1.54, 1.807) is 54.7 Å². The third kappa shape index (κ3) is 5.82. The van der Waals surface area contributed by atoms with Gasteiger partial charge in [0, 0.05) is 24.5 Å². The number of pyridine rings is 1. The van der Waals surface area contributed by atoms with E-state index in [1.807, 2.05) is 0 Å². The molecule has 0 saturated carbocycles. The quantitative estimate of drug-likeness (QED) is 0.431. The van der Waals surface area contributed by atoms with Crippen molar-refractivity contribution in [2.75, 3.05) is 11.9 Å². The Morgan fingerprint density at radius 2 is 1.82 bits per heavy atom. The summed E-state index contributed by atoms with van der Waals surface area (Å²) in [4.78, 5) is 29.8. The van der Waals surface area contributed by atoms with Crippen molar-refractivity contribution in [3.05, 3.63) is 90.0 Å². The zero-order valence-corrected chi connectivity index (χ0v) is 17.5. The van der Waals surface area contributed by atoms with Crippen LogP contribution in [-0.2, 0) is 17.8 Å². The summed E-state index contributed by atoms with van der Waals surface area (Å²) in [5.41, 5.74) is 2.41. The van der Waals surface area contributed by atoms with Crippen molar-refractivity contribution in [1.29, 1.82) is 0 Å². The molecule has 10 heteroatoms. The molecular formula is C23H20FN7O2. The highest BCUT2D eigenvalue weighted by Crippen LogP contribution is 2.24. The van der Waals surface area contributed by atoms with Gasteiger partial charge in [0.1, 0.15) is 12.4 Å². The highest BCUT2D eigenvalue weighted by molar-refractivity contribution is 6.05. The number of aromatic nitrogens is 5. The van der Waals surface area contributed by atoms with Crippen LogP contribution in [0.4, 0.5) is 10.1 Å². The van der Waals surface area contributed by atoms with Crippen LogP contribution in [0.1, 0.15) is 15.9 Å². The van der Waals surface area contributed by atoms with Crippen molar-refractivity contribution in [3.63, 3.8) is 0 Å². The zero-order valence-electron chi connectivity index (χ0n) is 17.5. The number of amides is 2. The Labute approximate surface area is 188 Å². The highest BCUT2D eigenvalue weighted by atomic mass is 19.1. The third-order valence-corrected chi connectivity index (χ3v) is 4.73. The summed E-state index contributed by atoms with van der Waals surface area (Å²) in [6, 6.07) is 16.5. The smallest absolute Gasteiger partial charge is 0.257 e. The first-order valence-electron chi connectivity index (χ1n) is 10.2. The molecule has 0 spiro atoms. The summed E-state index contributed by atoms with van der Waals surface area (Å²) >= 11 is 0. The standard InChI is InChI=1S/C23H20FN7O2/c24-18-9-7-16(8-10-18)11-13-26-21(32)15-31-29-22(28-30-31)19-5-1-2-6-20(19)27-23(33)17-4-3-12-25-14-17/h1-10,12,14H,11,13,15H2,(H,26,32)(H,27,33). The molecule has 2 amide bonds. The zero-order chi connectivity index (χ0) is 23.0. The van der Waals surface area contributed by atoms with E-state index in [0.717, 1.165) is 5.56 Å². The van der Waals surface area contributed by atoms with Gasteiger partial charge in [-0.15, -0.1) is 10.2 Å². The first-order valence-corrected chi connectivity index (χ1v) is 10.2. The Kier molecular flexibility index (Phi) is 6.74. The molecule has 0 atom stereocenters. The van der Waals surface area contributed by atoms with E-state index in [2.05, 4.69) is 31.0 Å². The predicted molar refractivity (Wildman–Crippen MR) is 119 cm³/mol. The maximum atomic E-state index is 13.0. The third-order valence-electron chi connectivity index (χ3n) is 4.73. The lowest BCUT2D eigenvalue weighted by Gasteiger charge is -2.08. The van der Waals surface area contributed by atoms with Gasteiger partial charge in [-0.3, -0.25) is 14.6 Å². The Morgan fingerprint density at radius 1 is 1.00 bits per heavy atom. The van der Waals surface area contributed by atoms with Gasteiger partial charge in [-0.25, -0.2) is 4.39 Å². The number of carbonyl (C=O) groups excluding carboxylic acids is 2. The molecule has 4 rings (SSSR count). The molecule has 0 bridgehead atoms. The Morgan fingerprint density at radius 3 is 2.61 bits per heavy atom. The number of nitrogens with zero attached hydrogens (tertiary/aromatic N) is 5. The van der Waals surface area contributed by atoms with Crippen LogP contribution in [0.15, 0.2) is 73.1 Å². The summed E-state index contributed by atoms with van der Waals surface area (Å²) in [5.74, 6) is -0.618. The number of benzene rings is 2. The van der Waals surface area contributed by atoms with Gasteiger partial charge in [-0.05, 0) is 53.6 Å². The maximum Gasteiger partial charge on any atom is 0.257 e. The minimum absolute atomic E-state index is 0.110. The fourth-order valence-electron chi connectivity index (χ4n) is 3.08. The van der Waals surface area contributed by atoms with Crippen LogP contribution >= 0.6 is 0 Å². The molecule has 2 heterocycles. The fourth-order valence-corrected chi connectivity index (χ4v) is 3.08. The average molecular weight is 445 g/mol. The first kappa shape index (κ1) is 21.8. The van der Waals surface area contributed by atoms with Crippen LogP contribution in [0.2, 0.25) is 0 Å².